The SMILES string of the molecule is CC(C)(C)c1cc(-c2nccc3cc(-c4ccc5c(c4)oc4cc(CC(C)(C)C(F)(F)F)ccc45)oc23)[c-]c2ccccc12.CCC(CC)C(=O)/C=C(\O)C(CC)CC.[Ir]. The van der Waals surface area contributed by atoms with Crippen molar-refractivity contribution >= 4 is 49.5 Å². The molecule has 4 aromatic carbocycles. The summed E-state index contributed by atoms with van der Waals surface area (Å²) in [5.41, 5.74) is 4.18. The summed E-state index contributed by atoms with van der Waals surface area (Å²) in [4.78, 5) is 16.4. The van der Waals surface area contributed by atoms with Crippen molar-refractivity contribution in [1.82, 2.24) is 4.98 Å². The zero-order valence-corrected chi connectivity index (χ0v) is 38.3. The average Bonchev–Trinajstić information content (AvgIpc) is 3.79. The summed E-state index contributed by atoms with van der Waals surface area (Å²) in [5.74, 6) is 1.21. The van der Waals surface area contributed by atoms with Crippen LogP contribution >= 0.6 is 0 Å². The molecule has 60 heavy (non-hydrogen) atoms. The van der Waals surface area contributed by atoms with Crippen LogP contribution in [0.2, 0.25) is 0 Å². The molecule has 319 valence electrons. The number of fused-ring (bicyclic) bond motifs is 5. The zero-order valence-electron chi connectivity index (χ0n) is 35.9. The predicted octanol–water partition coefficient (Wildman–Crippen LogP) is 15.3. The van der Waals surface area contributed by atoms with Crippen LogP contribution in [0.1, 0.15) is 99.1 Å². The predicted molar refractivity (Wildman–Crippen MR) is 235 cm³/mol. The molecule has 0 amide bonds. The standard InChI is InChI=1S/C38H31F3NO2.C13H24O2.Ir/c1-36(2,3)30-18-26(17-23-8-6-7-9-27(23)30)34-35-25(14-15-42-34)20-31(44-35)24-11-13-29-28-12-10-22(16-32(28)43-33(29)19-24)21-37(4,5)38(39,40)41;1-5-10(6-2)12(14)9-13(15)11(7-3)8-4;/h6-16,18-20H,21H2,1-5H3;9-11,14H,5-8H2,1-4H3;/q-1;;/b;12-9-;. The molecule has 5 nitrogen and oxygen atoms in total. The first-order valence-corrected chi connectivity index (χ1v) is 20.7. The monoisotopic (exact) mass is 995 g/mol. The minimum Gasteiger partial charge on any atom is -0.512 e. The molecular weight excluding hydrogens is 940 g/mol. The van der Waals surface area contributed by atoms with Gasteiger partial charge in [0.25, 0.3) is 0 Å². The normalized spacial score (nSPS) is 12.7. The molecule has 3 aromatic heterocycles. The van der Waals surface area contributed by atoms with E-state index in [1.165, 1.54) is 30.9 Å². The number of ketones is 1. The van der Waals surface area contributed by atoms with Crippen LogP contribution in [0.5, 0.6) is 0 Å². The molecule has 9 heteroatoms. The summed E-state index contributed by atoms with van der Waals surface area (Å²) in [6.07, 6.45) is 2.27. The molecule has 7 rings (SSSR count). The minimum absolute atomic E-state index is 0. The van der Waals surface area contributed by atoms with Gasteiger partial charge in [0.1, 0.15) is 22.5 Å². The van der Waals surface area contributed by atoms with Gasteiger partial charge < -0.3 is 13.9 Å². The molecule has 3 heterocycles. The van der Waals surface area contributed by atoms with Crippen molar-refractivity contribution in [3.63, 3.8) is 0 Å². The first-order valence-electron chi connectivity index (χ1n) is 20.7. The van der Waals surface area contributed by atoms with E-state index in [1.807, 2.05) is 70.2 Å². The smallest absolute Gasteiger partial charge is 0.394 e. The second-order valence-corrected chi connectivity index (χ2v) is 17.3. The van der Waals surface area contributed by atoms with Gasteiger partial charge in [0, 0.05) is 71.6 Å². The van der Waals surface area contributed by atoms with E-state index in [4.69, 9.17) is 13.8 Å². The van der Waals surface area contributed by atoms with Crippen LogP contribution in [0.3, 0.4) is 0 Å². The van der Waals surface area contributed by atoms with Gasteiger partial charge in [0.2, 0.25) is 0 Å². The molecule has 0 unspecified atom stereocenters. The van der Waals surface area contributed by atoms with Gasteiger partial charge in [-0.05, 0) is 73.4 Å². The summed E-state index contributed by atoms with van der Waals surface area (Å²) in [6, 6.07) is 29.1. The van der Waals surface area contributed by atoms with E-state index in [2.05, 4.69) is 51.1 Å². The Bertz CT molecular complexity index is 2640. The Morgan fingerprint density at radius 2 is 1.42 bits per heavy atom. The number of aromatic nitrogens is 1. The van der Waals surface area contributed by atoms with Crippen LogP contribution in [0.15, 0.2) is 106 Å². The van der Waals surface area contributed by atoms with Gasteiger partial charge in [-0.25, -0.2) is 0 Å². The molecule has 1 N–H and O–H groups in total. The van der Waals surface area contributed by atoms with Gasteiger partial charge in [-0.1, -0.05) is 110 Å². The van der Waals surface area contributed by atoms with Crippen molar-refractivity contribution < 1.29 is 52.0 Å². The number of nitrogens with zero attached hydrogens (tertiary/aromatic N) is 1. The minimum atomic E-state index is -4.30. The molecule has 0 aliphatic rings. The fraction of sp³-hybridized carbons (Fsp3) is 0.373. The number of alkyl halides is 3. The van der Waals surface area contributed by atoms with Gasteiger partial charge in [0.15, 0.2) is 5.78 Å². The summed E-state index contributed by atoms with van der Waals surface area (Å²) >= 11 is 0. The average molecular weight is 995 g/mol. The second kappa shape index (κ2) is 18.5. The van der Waals surface area contributed by atoms with Crippen LogP contribution in [-0.2, 0) is 36.7 Å². The third-order valence-corrected chi connectivity index (χ3v) is 11.6. The van der Waals surface area contributed by atoms with E-state index in [-0.39, 0.29) is 55.3 Å². The fourth-order valence-electron chi connectivity index (χ4n) is 7.75. The maximum absolute atomic E-state index is 13.5. The maximum atomic E-state index is 13.5. The van der Waals surface area contributed by atoms with E-state index in [1.54, 1.807) is 18.3 Å². The number of hydrogen-bond acceptors (Lipinski definition) is 5. The number of rotatable bonds is 11. The molecule has 0 fully saturated rings. The first-order chi connectivity index (χ1) is 27.9. The molecule has 0 aliphatic heterocycles. The summed E-state index contributed by atoms with van der Waals surface area (Å²) in [7, 11) is 0. The number of aliphatic hydroxyl groups excluding tert-OH is 1. The zero-order chi connectivity index (χ0) is 42.9. The fourth-order valence-corrected chi connectivity index (χ4v) is 7.75. The van der Waals surface area contributed by atoms with Crippen molar-refractivity contribution in [3.8, 4) is 22.6 Å². The van der Waals surface area contributed by atoms with Crippen molar-refractivity contribution in [2.24, 2.45) is 17.3 Å². The number of benzene rings is 4. The quantitative estimate of drug-likeness (QED) is 0.0794. The van der Waals surface area contributed by atoms with E-state index >= 15 is 0 Å². The Balaban J connectivity index is 0.000000367. The van der Waals surface area contributed by atoms with Crippen LogP contribution in [0.25, 0.3) is 66.3 Å². The number of allylic oxidation sites excluding steroid dienone is 2. The number of pyridine rings is 1. The first kappa shape index (κ1) is 46.3. The van der Waals surface area contributed by atoms with Crippen LogP contribution in [-0.4, -0.2) is 22.1 Å². The van der Waals surface area contributed by atoms with E-state index in [0.717, 1.165) is 64.0 Å². The van der Waals surface area contributed by atoms with Gasteiger partial charge >= 0.3 is 6.18 Å². The van der Waals surface area contributed by atoms with E-state index in [0.29, 0.717) is 28.1 Å². The summed E-state index contributed by atoms with van der Waals surface area (Å²) < 4.78 is 53.1. The molecule has 0 atom stereocenters. The molecule has 0 saturated carbocycles. The second-order valence-electron chi connectivity index (χ2n) is 17.3. The van der Waals surface area contributed by atoms with Gasteiger partial charge in [-0.15, -0.1) is 29.1 Å². The van der Waals surface area contributed by atoms with E-state index < -0.39 is 11.6 Å². The number of hydrogen-bond donors (Lipinski definition) is 1. The number of carbonyl (C=O) groups is 1. The Labute approximate surface area is 364 Å². The topological polar surface area (TPSA) is 76.5 Å². The number of furan rings is 2. The molecule has 0 spiro atoms. The number of carbonyl (C=O) groups excluding carboxylic acids is 1. The van der Waals surface area contributed by atoms with Crippen molar-refractivity contribution in [1.29, 1.82) is 0 Å². The van der Waals surface area contributed by atoms with Gasteiger partial charge in [-0.2, -0.15) is 13.2 Å². The van der Waals surface area contributed by atoms with Gasteiger partial charge in [-0.3, -0.25) is 9.78 Å². The van der Waals surface area contributed by atoms with Crippen LogP contribution in [0.4, 0.5) is 13.2 Å². The van der Waals surface area contributed by atoms with Gasteiger partial charge in [0.05, 0.1) is 11.2 Å². The maximum Gasteiger partial charge on any atom is 0.394 e. The number of aliphatic hydroxyl groups is 1. The Morgan fingerprint density at radius 3 is 2.05 bits per heavy atom. The van der Waals surface area contributed by atoms with Crippen LogP contribution in [0, 0.1) is 23.3 Å². The van der Waals surface area contributed by atoms with E-state index in [9.17, 15) is 23.1 Å². The molecule has 7 aromatic rings. The van der Waals surface area contributed by atoms with Crippen molar-refractivity contribution in [2.45, 2.75) is 106 Å². The van der Waals surface area contributed by atoms with Crippen molar-refractivity contribution in [2.75, 3.05) is 0 Å². The number of halogens is 3. The molecular formula is C51H55F3IrNO4-. The summed E-state index contributed by atoms with van der Waals surface area (Å²) in [5, 5.41) is 14.6. The van der Waals surface area contributed by atoms with Crippen molar-refractivity contribution in [3.05, 3.63) is 114 Å². The Hall–Kier alpha value is -4.72. The third kappa shape index (κ3) is 9.74. The molecule has 0 aliphatic carbocycles. The largest absolute Gasteiger partial charge is 0.512 e. The molecule has 1 radical (unpaired) electrons. The Morgan fingerprint density at radius 1 is 0.783 bits per heavy atom. The summed E-state index contributed by atoms with van der Waals surface area (Å²) in [6.45, 7) is 17.1. The van der Waals surface area contributed by atoms with Crippen LogP contribution < -0.4 is 0 Å². The Kier molecular flexibility index (Phi) is 14.3. The molecule has 0 saturated heterocycles. The molecule has 0 bridgehead atoms. The third-order valence-electron chi connectivity index (χ3n) is 11.6.